The van der Waals surface area contributed by atoms with Crippen molar-refractivity contribution < 1.29 is 4.79 Å². The van der Waals surface area contributed by atoms with Gasteiger partial charge in [-0.05, 0) is 25.2 Å². The van der Waals surface area contributed by atoms with Crippen molar-refractivity contribution in [2.75, 3.05) is 0 Å². The summed E-state index contributed by atoms with van der Waals surface area (Å²) in [6, 6.07) is 0. The average Bonchev–Trinajstić information content (AvgIpc) is 2.82. The fourth-order valence-corrected chi connectivity index (χ4v) is 2.76. The summed E-state index contributed by atoms with van der Waals surface area (Å²) in [5.74, 6) is 1.03. The summed E-state index contributed by atoms with van der Waals surface area (Å²) < 4.78 is 1.94. The van der Waals surface area contributed by atoms with Crippen molar-refractivity contribution in [1.82, 2.24) is 9.55 Å². The van der Waals surface area contributed by atoms with E-state index in [2.05, 4.69) is 18.8 Å². The largest absolute Gasteiger partial charge is 0.329 e. The second kappa shape index (κ2) is 4.04. The first-order valence-electron chi connectivity index (χ1n) is 6.11. The van der Waals surface area contributed by atoms with E-state index in [1.54, 1.807) is 6.20 Å². The van der Waals surface area contributed by atoms with Crippen molar-refractivity contribution in [3.05, 3.63) is 18.2 Å². The lowest BCUT2D eigenvalue weighted by Gasteiger charge is -2.25. The van der Waals surface area contributed by atoms with Gasteiger partial charge < -0.3 is 4.57 Å². The zero-order chi connectivity index (χ0) is 11.8. The van der Waals surface area contributed by atoms with Crippen LogP contribution in [0.15, 0.2) is 12.4 Å². The van der Waals surface area contributed by atoms with Crippen molar-refractivity contribution in [3.63, 3.8) is 0 Å². The van der Waals surface area contributed by atoms with E-state index in [4.69, 9.17) is 0 Å². The lowest BCUT2D eigenvalue weighted by molar-refractivity contribution is 0.0823. The van der Waals surface area contributed by atoms with E-state index in [-0.39, 0.29) is 17.1 Å². The fraction of sp³-hybridized carbons (Fsp3) is 0.692. The lowest BCUT2D eigenvalue weighted by atomic mass is 9.79. The maximum Gasteiger partial charge on any atom is 0.201 e. The van der Waals surface area contributed by atoms with Crippen molar-refractivity contribution in [1.29, 1.82) is 0 Å². The van der Waals surface area contributed by atoms with Gasteiger partial charge in [0, 0.05) is 24.9 Å². The maximum absolute atomic E-state index is 12.4. The Balaban J connectivity index is 2.26. The number of aromatic nitrogens is 2. The molecule has 0 spiro atoms. The molecule has 0 bridgehead atoms. The second-order valence-corrected chi connectivity index (χ2v) is 5.33. The first kappa shape index (κ1) is 11.4. The van der Waals surface area contributed by atoms with E-state index in [0.717, 1.165) is 25.8 Å². The third kappa shape index (κ3) is 1.79. The lowest BCUT2D eigenvalue weighted by Crippen LogP contribution is -2.28. The summed E-state index contributed by atoms with van der Waals surface area (Å²) in [6.45, 7) is 7.25. The van der Waals surface area contributed by atoms with Crippen molar-refractivity contribution in [3.8, 4) is 0 Å². The molecule has 3 nitrogen and oxygen atoms in total. The van der Waals surface area contributed by atoms with Crippen LogP contribution < -0.4 is 0 Å². The molecule has 1 aliphatic carbocycles. The van der Waals surface area contributed by atoms with Gasteiger partial charge in [-0.25, -0.2) is 4.98 Å². The van der Waals surface area contributed by atoms with E-state index in [9.17, 15) is 4.79 Å². The minimum absolute atomic E-state index is 0.140. The fourth-order valence-electron chi connectivity index (χ4n) is 2.76. The highest BCUT2D eigenvalue weighted by Gasteiger charge is 2.40. The summed E-state index contributed by atoms with van der Waals surface area (Å²) in [7, 11) is 0. The van der Waals surface area contributed by atoms with E-state index in [1.165, 1.54) is 0 Å². The molecule has 0 radical (unpaired) electrons. The van der Waals surface area contributed by atoms with Gasteiger partial charge in [-0.3, -0.25) is 4.79 Å². The number of hydrogen-bond donors (Lipinski definition) is 0. The van der Waals surface area contributed by atoms with Crippen molar-refractivity contribution >= 4 is 5.78 Å². The molecule has 0 amide bonds. The number of nitrogens with zero attached hydrogens (tertiary/aromatic N) is 2. The third-order valence-corrected chi connectivity index (χ3v) is 3.85. The van der Waals surface area contributed by atoms with Gasteiger partial charge >= 0.3 is 0 Å². The Kier molecular flexibility index (Phi) is 2.87. The molecule has 0 saturated heterocycles. The highest BCUT2D eigenvalue weighted by molar-refractivity contribution is 5.95. The molecule has 1 aromatic heterocycles. The Hall–Kier alpha value is -1.12. The number of aryl methyl sites for hydroxylation is 1. The molecular formula is C13H20N2O. The van der Waals surface area contributed by atoms with Crippen LogP contribution in [0.1, 0.15) is 50.7 Å². The first-order valence-corrected chi connectivity index (χ1v) is 6.11. The quantitative estimate of drug-likeness (QED) is 0.734. The van der Waals surface area contributed by atoms with Gasteiger partial charge in [-0.15, -0.1) is 0 Å². The van der Waals surface area contributed by atoms with Gasteiger partial charge in [0.05, 0.1) is 0 Å². The molecule has 88 valence electrons. The molecular weight excluding hydrogens is 200 g/mol. The Morgan fingerprint density at radius 2 is 2.38 bits per heavy atom. The van der Waals surface area contributed by atoms with Crippen LogP contribution in [0.3, 0.4) is 0 Å². The molecule has 1 unspecified atom stereocenters. The van der Waals surface area contributed by atoms with E-state index in [0.29, 0.717) is 5.82 Å². The van der Waals surface area contributed by atoms with Crippen LogP contribution in [-0.4, -0.2) is 15.3 Å². The van der Waals surface area contributed by atoms with Crippen LogP contribution in [0.2, 0.25) is 0 Å². The van der Waals surface area contributed by atoms with Gasteiger partial charge in [-0.1, -0.05) is 20.3 Å². The number of hydrogen-bond acceptors (Lipinski definition) is 2. The molecule has 3 heteroatoms. The van der Waals surface area contributed by atoms with Crippen LogP contribution in [0.25, 0.3) is 0 Å². The molecule has 0 aliphatic heterocycles. The molecule has 0 N–H and O–H groups in total. The summed E-state index contributed by atoms with van der Waals surface area (Å²) >= 11 is 0. The monoisotopic (exact) mass is 220 g/mol. The standard InChI is InChI=1S/C13H20N2O/c1-4-15-9-8-14-12(15)11(16)10-6-5-7-13(10,2)3/h8-10H,4-7H2,1-3H3. The smallest absolute Gasteiger partial charge is 0.201 e. The second-order valence-electron chi connectivity index (χ2n) is 5.33. The van der Waals surface area contributed by atoms with Crippen LogP contribution in [0.4, 0.5) is 0 Å². The summed E-state index contributed by atoms with van der Waals surface area (Å²) in [5, 5.41) is 0. The van der Waals surface area contributed by atoms with Gasteiger partial charge in [0.2, 0.25) is 5.78 Å². The molecule has 16 heavy (non-hydrogen) atoms. The molecule has 1 aliphatic rings. The van der Waals surface area contributed by atoms with Crippen LogP contribution in [0.5, 0.6) is 0 Å². The molecule has 1 heterocycles. The topological polar surface area (TPSA) is 34.9 Å². The van der Waals surface area contributed by atoms with Gasteiger partial charge in [0.1, 0.15) is 0 Å². The number of rotatable bonds is 3. The van der Waals surface area contributed by atoms with E-state index in [1.807, 2.05) is 17.7 Å². The highest BCUT2D eigenvalue weighted by Crippen LogP contribution is 2.43. The zero-order valence-corrected chi connectivity index (χ0v) is 10.4. The first-order chi connectivity index (χ1) is 7.56. The van der Waals surface area contributed by atoms with E-state index >= 15 is 0 Å². The van der Waals surface area contributed by atoms with Gasteiger partial charge in [0.15, 0.2) is 5.82 Å². The predicted molar refractivity (Wildman–Crippen MR) is 63.4 cm³/mol. The molecule has 1 saturated carbocycles. The number of carbonyl (C=O) groups excluding carboxylic acids is 1. The normalized spacial score (nSPS) is 23.6. The number of ketones is 1. The highest BCUT2D eigenvalue weighted by atomic mass is 16.1. The Labute approximate surface area is 96.9 Å². The van der Waals surface area contributed by atoms with Gasteiger partial charge in [0.25, 0.3) is 0 Å². The number of imidazole rings is 1. The molecule has 1 aromatic rings. The summed E-state index contributed by atoms with van der Waals surface area (Å²) in [4.78, 5) is 16.6. The molecule has 2 rings (SSSR count). The Bertz CT molecular complexity index is 392. The zero-order valence-electron chi connectivity index (χ0n) is 10.4. The molecule has 1 atom stereocenters. The van der Waals surface area contributed by atoms with Crippen molar-refractivity contribution in [2.45, 2.75) is 46.6 Å². The van der Waals surface area contributed by atoms with Gasteiger partial charge in [-0.2, -0.15) is 0 Å². The minimum atomic E-state index is 0.140. The minimum Gasteiger partial charge on any atom is -0.329 e. The van der Waals surface area contributed by atoms with Crippen LogP contribution in [-0.2, 0) is 6.54 Å². The van der Waals surface area contributed by atoms with Crippen LogP contribution >= 0.6 is 0 Å². The van der Waals surface area contributed by atoms with E-state index < -0.39 is 0 Å². The Morgan fingerprint density at radius 3 is 2.94 bits per heavy atom. The molecule has 1 fully saturated rings. The summed E-state index contributed by atoms with van der Waals surface area (Å²) in [6.07, 6.45) is 6.93. The summed E-state index contributed by atoms with van der Waals surface area (Å²) in [5.41, 5.74) is 0.140. The van der Waals surface area contributed by atoms with Crippen LogP contribution in [0, 0.1) is 11.3 Å². The predicted octanol–water partition coefficient (Wildman–Crippen LogP) is 2.91. The third-order valence-electron chi connectivity index (χ3n) is 3.85. The van der Waals surface area contributed by atoms with Crippen molar-refractivity contribution in [2.24, 2.45) is 11.3 Å². The molecule has 0 aromatic carbocycles. The maximum atomic E-state index is 12.4. The Morgan fingerprint density at radius 1 is 1.62 bits per heavy atom. The average molecular weight is 220 g/mol. The number of Topliss-reactive ketones (excluding diaryl/α,β-unsaturated/α-hetero) is 1. The SMILES string of the molecule is CCn1ccnc1C(=O)C1CCCC1(C)C. The number of carbonyl (C=O) groups is 1.